The van der Waals surface area contributed by atoms with Crippen LogP contribution < -0.4 is 0 Å². The zero-order valence-corrected chi connectivity index (χ0v) is 9.37. The van der Waals surface area contributed by atoms with Gasteiger partial charge in [-0.3, -0.25) is 0 Å². The molecule has 80 valence electrons. The van der Waals surface area contributed by atoms with Crippen molar-refractivity contribution in [2.24, 2.45) is 29.1 Å². The second-order valence-corrected chi connectivity index (χ2v) is 6.56. The number of aliphatic hydroxyl groups excluding tert-OH is 1. The number of hydrogen-bond donors (Lipinski definition) is 1. The van der Waals surface area contributed by atoms with E-state index in [-0.39, 0.29) is 11.5 Å². The van der Waals surface area contributed by atoms with Gasteiger partial charge in [-0.2, -0.15) is 0 Å². The van der Waals surface area contributed by atoms with Crippen LogP contribution in [0.2, 0.25) is 0 Å². The SMILES string of the molecule is CC1(C)C[C@H]2C3CCCC3C[C@H]2[C@H]1O. The fourth-order valence-electron chi connectivity index (χ4n) is 4.74. The molecule has 0 amide bonds. The van der Waals surface area contributed by atoms with Crippen LogP contribution in [0.25, 0.3) is 0 Å². The van der Waals surface area contributed by atoms with E-state index in [0.717, 1.165) is 17.8 Å². The monoisotopic (exact) mass is 194 g/mol. The van der Waals surface area contributed by atoms with E-state index < -0.39 is 0 Å². The Kier molecular flexibility index (Phi) is 1.81. The lowest BCUT2D eigenvalue weighted by Gasteiger charge is -2.26. The summed E-state index contributed by atoms with van der Waals surface area (Å²) >= 11 is 0. The van der Waals surface area contributed by atoms with Crippen molar-refractivity contribution in [3.8, 4) is 0 Å². The van der Waals surface area contributed by atoms with E-state index in [1.165, 1.54) is 32.1 Å². The molecule has 3 saturated carbocycles. The lowest BCUT2D eigenvalue weighted by molar-refractivity contribution is 0.0419. The van der Waals surface area contributed by atoms with Gasteiger partial charge in [-0.1, -0.05) is 26.7 Å². The lowest BCUT2D eigenvalue weighted by Crippen LogP contribution is -2.28. The minimum atomic E-state index is -0.0156. The van der Waals surface area contributed by atoms with E-state index in [0.29, 0.717) is 5.92 Å². The highest BCUT2D eigenvalue weighted by atomic mass is 16.3. The van der Waals surface area contributed by atoms with Gasteiger partial charge in [-0.25, -0.2) is 0 Å². The summed E-state index contributed by atoms with van der Waals surface area (Å²) in [6, 6.07) is 0. The smallest absolute Gasteiger partial charge is 0.0622 e. The maximum absolute atomic E-state index is 10.3. The van der Waals surface area contributed by atoms with Gasteiger partial charge in [-0.15, -0.1) is 0 Å². The predicted molar refractivity (Wildman–Crippen MR) is 56.8 cm³/mol. The highest BCUT2D eigenvalue weighted by Crippen LogP contribution is 2.61. The quantitative estimate of drug-likeness (QED) is 0.628. The molecule has 0 radical (unpaired) electrons. The number of hydrogen-bond acceptors (Lipinski definition) is 1. The molecule has 0 saturated heterocycles. The Labute approximate surface area is 86.9 Å². The average molecular weight is 194 g/mol. The van der Waals surface area contributed by atoms with Gasteiger partial charge in [-0.05, 0) is 48.3 Å². The van der Waals surface area contributed by atoms with E-state index in [2.05, 4.69) is 13.8 Å². The highest BCUT2D eigenvalue weighted by molar-refractivity contribution is 5.06. The summed E-state index contributed by atoms with van der Waals surface area (Å²) in [5.41, 5.74) is 0.197. The van der Waals surface area contributed by atoms with E-state index in [9.17, 15) is 5.11 Å². The van der Waals surface area contributed by atoms with E-state index >= 15 is 0 Å². The molecule has 0 spiro atoms. The molecule has 14 heavy (non-hydrogen) atoms. The molecule has 0 aromatic rings. The zero-order valence-electron chi connectivity index (χ0n) is 9.37. The molecule has 0 aliphatic heterocycles. The molecule has 3 fully saturated rings. The van der Waals surface area contributed by atoms with Crippen LogP contribution in [0, 0.1) is 29.1 Å². The summed E-state index contributed by atoms with van der Waals surface area (Å²) in [6.45, 7) is 4.50. The first-order valence-electron chi connectivity index (χ1n) is 6.28. The normalized spacial score (nSPS) is 54.6. The first kappa shape index (κ1) is 9.21. The summed E-state index contributed by atoms with van der Waals surface area (Å²) in [6.07, 6.45) is 6.95. The van der Waals surface area contributed by atoms with Crippen LogP contribution in [0.5, 0.6) is 0 Å². The topological polar surface area (TPSA) is 20.2 Å². The number of rotatable bonds is 0. The molecule has 0 aromatic carbocycles. The van der Waals surface area contributed by atoms with Crippen LogP contribution in [0.3, 0.4) is 0 Å². The zero-order chi connectivity index (χ0) is 9.92. The fourth-order valence-corrected chi connectivity index (χ4v) is 4.74. The molecular formula is C13H22O. The first-order chi connectivity index (χ1) is 6.59. The maximum atomic E-state index is 10.3. The predicted octanol–water partition coefficient (Wildman–Crippen LogP) is 2.83. The summed E-state index contributed by atoms with van der Waals surface area (Å²) in [5.74, 6) is 3.49. The van der Waals surface area contributed by atoms with Gasteiger partial charge < -0.3 is 5.11 Å². The molecule has 1 heteroatoms. The van der Waals surface area contributed by atoms with Gasteiger partial charge in [0, 0.05) is 0 Å². The van der Waals surface area contributed by atoms with Crippen LogP contribution in [0.1, 0.15) is 46.0 Å². The maximum Gasteiger partial charge on any atom is 0.0622 e. The molecule has 2 unspecified atom stereocenters. The average Bonchev–Trinajstić information content (AvgIpc) is 2.70. The van der Waals surface area contributed by atoms with Crippen molar-refractivity contribution in [2.45, 2.75) is 52.1 Å². The van der Waals surface area contributed by atoms with Crippen LogP contribution in [-0.2, 0) is 0 Å². The van der Waals surface area contributed by atoms with Crippen molar-refractivity contribution in [2.75, 3.05) is 0 Å². The molecule has 1 N–H and O–H groups in total. The minimum Gasteiger partial charge on any atom is -0.392 e. The Balaban J connectivity index is 1.85. The standard InChI is InChI=1S/C13H22O/c1-13(2)7-11-9-5-3-4-8(9)6-10(11)12(13)14/h8-12,14H,3-7H2,1-2H3/t8?,9?,10-,11+,12-/m1/s1. The van der Waals surface area contributed by atoms with Gasteiger partial charge in [0.15, 0.2) is 0 Å². The highest BCUT2D eigenvalue weighted by Gasteiger charge is 2.56. The summed E-state index contributed by atoms with van der Waals surface area (Å²) in [5, 5.41) is 10.3. The number of aliphatic hydroxyl groups is 1. The molecule has 0 bridgehead atoms. The van der Waals surface area contributed by atoms with E-state index in [4.69, 9.17) is 0 Å². The van der Waals surface area contributed by atoms with Crippen molar-refractivity contribution in [3.05, 3.63) is 0 Å². The summed E-state index contributed by atoms with van der Waals surface area (Å²) in [7, 11) is 0. The minimum absolute atomic E-state index is 0.0156. The fraction of sp³-hybridized carbons (Fsp3) is 1.00. The third-order valence-electron chi connectivity index (χ3n) is 5.36. The Morgan fingerprint density at radius 1 is 1.07 bits per heavy atom. The van der Waals surface area contributed by atoms with Crippen molar-refractivity contribution >= 4 is 0 Å². The third-order valence-corrected chi connectivity index (χ3v) is 5.36. The largest absolute Gasteiger partial charge is 0.392 e. The summed E-state index contributed by atoms with van der Waals surface area (Å²) < 4.78 is 0. The molecule has 3 aliphatic carbocycles. The van der Waals surface area contributed by atoms with Gasteiger partial charge in [0.2, 0.25) is 0 Å². The third kappa shape index (κ3) is 1.05. The molecule has 0 aromatic heterocycles. The molecule has 5 atom stereocenters. The van der Waals surface area contributed by atoms with Crippen LogP contribution in [0.15, 0.2) is 0 Å². The second kappa shape index (κ2) is 2.75. The summed E-state index contributed by atoms with van der Waals surface area (Å²) in [4.78, 5) is 0. The Morgan fingerprint density at radius 3 is 2.64 bits per heavy atom. The van der Waals surface area contributed by atoms with Gasteiger partial charge in [0.1, 0.15) is 0 Å². The van der Waals surface area contributed by atoms with E-state index in [1.807, 2.05) is 0 Å². The van der Waals surface area contributed by atoms with Crippen LogP contribution in [0.4, 0.5) is 0 Å². The Hall–Kier alpha value is -0.0400. The first-order valence-corrected chi connectivity index (χ1v) is 6.28. The van der Waals surface area contributed by atoms with Gasteiger partial charge in [0.25, 0.3) is 0 Å². The Morgan fingerprint density at radius 2 is 1.86 bits per heavy atom. The van der Waals surface area contributed by atoms with E-state index in [1.54, 1.807) is 0 Å². The van der Waals surface area contributed by atoms with Crippen LogP contribution >= 0.6 is 0 Å². The lowest BCUT2D eigenvalue weighted by atomic mass is 9.82. The molecule has 0 heterocycles. The molecule has 1 nitrogen and oxygen atoms in total. The van der Waals surface area contributed by atoms with Crippen molar-refractivity contribution in [1.82, 2.24) is 0 Å². The van der Waals surface area contributed by atoms with Gasteiger partial charge >= 0.3 is 0 Å². The van der Waals surface area contributed by atoms with Crippen molar-refractivity contribution < 1.29 is 5.11 Å². The van der Waals surface area contributed by atoms with Gasteiger partial charge in [0.05, 0.1) is 6.10 Å². The van der Waals surface area contributed by atoms with Crippen LogP contribution in [-0.4, -0.2) is 11.2 Å². The second-order valence-electron chi connectivity index (χ2n) is 6.56. The molecular weight excluding hydrogens is 172 g/mol. The number of fused-ring (bicyclic) bond motifs is 3. The molecule has 3 rings (SSSR count). The molecule has 3 aliphatic rings. The van der Waals surface area contributed by atoms with Crippen molar-refractivity contribution in [3.63, 3.8) is 0 Å². The van der Waals surface area contributed by atoms with Crippen molar-refractivity contribution in [1.29, 1.82) is 0 Å². The Bertz CT molecular complexity index is 246.